The molecule has 3 aromatic rings. The van der Waals surface area contributed by atoms with E-state index < -0.39 is 11.6 Å². The number of rotatable bonds is 14. The van der Waals surface area contributed by atoms with Crippen LogP contribution in [0.1, 0.15) is 42.1 Å². The molecule has 9 heteroatoms. The molecular formula is C33H37Cl2N3O4. The van der Waals surface area contributed by atoms with Gasteiger partial charge in [-0.3, -0.25) is 4.79 Å². The largest absolute Gasteiger partial charge is 0.494 e. The molecule has 2 atom stereocenters. The standard InChI is InChI=1S/C33H37Cl2N3O4/c1-38(2)20-7-19-36-32(40)33(18-6-11-24-9-4-3-5-10-24)30(28-17-14-26(34)23-29(28)35)42-31(37-33)25-12-15-27(16-13-25)41-22-8-21-39/h3-6,9-17,23,30,39H,7-8,18-22H2,1-2H3,(H,36,40)/b11-6+/t30-,33-/m1/s1. The number of hydrogen-bond acceptors (Lipinski definition) is 6. The molecule has 0 aromatic heterocycles. The van der Waals surface area contributed by atoms with Crippen LogP contribution in [-0.2, 0) is 9.53 Å². The lowest BCUT2D eigenvalue weighted by molar-refractivity contribution is -0.128. The number of carbonyl (C=O) groups excluding carboxylic acids is 1. The number of nitrogens with one attached hydrogen (secondary N) is 1. The third-order valence-electron chi connectivity index (χ3n) is 6.88. The molecule has 0 fully saturated rings. The molecule has 222 valence electrons. The summed E-state index contributed by atoms with van der Waals surface area (Å²) in [7, 11) is 4.00. The van der Waals surface area contributed by atoms with E-state index in [0.717, 1.165) is 18.5 Å². The molecule has 1 amide bonds. The van der Waals surface area contributed by atoms with Crippen LogP contribution in [0.5, 0.6) is 5.75 Å². The van der Waals surface area contributed by atoms with Crippen molar-refractivity contribution < 1.29 is 19.4 Å². The smallest absolute Gasteiger partial charge is 0.252 e. The lowest BCUT2D eigenvalue weighted by Gasteiger charge is -2.30. The molecule has 1 aliphatic rings. The van der Waals surface area contributed by atoms with Gasteiger partial charge in [-0.1, -0.05) is 71.8 Å². The highest BCUT2D eigenvalue weighted by Gasteiger charge is 2.53. The average Bonchev–Trinajstić information content (AvgIpc) is 3.36. The molecule has 3 aromatic carbocycles. The van der Waals surface area contributed by atoms with Gasteiger partial charge in [-0.2, -0.15) is 0 Å². The van der Waals surface area contributed by atoms with Gasteiger partial charge < -0.3 is 24.8 Å². The Morgan fingerprint density at radius 1 is 1.10 bits per heavy atom. The Balaban J connectivity index is 1.73. The van der Waals surface area contributed by atoms with Crippen LogP contribution in [-0.4, -0.2) is 67.7 Å². The summed E-state index contributed by atoms with van der Waals surface area (Å²) < 4.78 is 12.2. The Labute approximate surface area is 257 Å². The van der Waals surface area contributed by atoms with Crippen LogP contribution >= 0.6 is 23.2 Å². The Morgan fingerprint density at radius 2 is 1.86 bits per heavy atom. The number of nitrogens with zero attached hydrogens (tertiary/aromatic N) is 2. The topological polar surface area (TPSA) is 83.4 Å². The third kappa shape index (κ3) is 8.13. The summed E-state index contributed by atoms with van der Waals surface area (Å²) in [5, 5.41) is 13.0. The summed E-state index contributed by atoms with van der Waals surface area (Å²) >= 11 is 12.9. The highest BCUT2D eigenvalue weighted by atomic mass is 35.5. The van der Waals surface area contributed by atoms with Crippen molar-refractivity contribution in [2.75, 3.05) is 40.4 Å². The SMILES string of the molecule is CN(C)CCCNC(=O)[C@]1(C/C=C/c2ccccc2)N=C(c2ccc(OCCCO)cc2)O[C@@H]1c1ccc(Cl)cc1Cl. The number of hydrogen-bond donors (Lipinski definition) is 2. The van der Waals surface area contributed by atoms with Crippen LogP contribution in [0.4, 0.5) is 0 Å². The zero-order valence-corrected chi connectivity index (χ0v) is 25.4. The zero-order valence-electron chi connectivity index (χ0n) is 23.9. The van der Waals surface area contributed by atoms with Crippen LogP contribution < -0.4 is 10.1 Å². The monoisotopic (exact) mass is 609 g/mol. The number of aliphatic hydroxyl groups is 1. The molecule has 1 heterocycles. The van der Waals surface area contributed by atoms with Crippen LogP contribution in [0.15, 0.2) is 83.9 Å². The van der Waals surface area contributed by atoms with E-state index in [2.05, 4.69) is 10.2 Å². The maximum Gasteiger partial charge on any atom is 0.252 e. The molecule has 0 radical (unpaired) electrons. The Kier molecular flexibility index (Phi) is 11.4. The van der Waals surface area contributed by atoms with Crippen LogP contribution in [0.2, 0.25) is 10.0 Å². The predicted molar refractivity (Wildman–Crippen MR) is 169 cm³/mol. The van der Waals surface area contributed by atoms with Gasteiger partial charge in [-0.05, 0) is 69.0 Å². The molecule has 0 saturated heterocycles. The molecule has 1 aliphatic heterocycles. The lowest BCUT2D eigenvalue weighted by Crippen LogP contribution is -2.48. The number of aliphatic imine (C=N–C) groups is 1. The van der Waals surface area contributed by atoms with E-state index in [1.807, 2.05) is 80.8 Å². The minimum Gasteiger partial charge on any atom is -0.494 e. The van der Waals surface area contributed by atoms with Crippen molar-refractivity contribution >= 4 is 41.1 Å². The first-order valence-electron chi connectivity index (χ1n) is 14.0. The fourth-order valence-corrected chi connectivity index (χ4v) is 5.20. The second kappa shape index (κ2) is 15.2. The van der Waals surface area contributed by atoms with E-state index in [9.17, 15) is 4.79 Å². The lowest BCUT2D eigenvalue weighted by atomic mass is 9.84. The summed E-state index contributed by atoms with van der Waals surface area (Å²) in [5.74, 6) is 0.761. The van der Waals surface area contributed by atoms with Gasteiger partial charge in [0.2, 0.25) is 5.90 Å². The first-order valence-corrected chi connectivity index (χ1v) is 14.8. The van der Waals surface area contributed by atoms with Gasteiger partial charge in [0, 0.05) is 47.2 Å². The first kappa shape index (κ1) is 31.6. The van der Waals surface area contributed by atoms with Gasteiger partial charge >= 0.3 is 0 Å². The molecule has 0 aliphatic carbocycles. The Hall–Kier alpha value is -3.36. The molecular weight excluding hydrogens is 573 g/mol. The van der Waals surface area contributed by atoms with Crippen molar-refractivity contribution in [1.82, 2.24) is 10.2 Å². The summed E-state index contributed by atoms with van der Waals surface area (Å²) in [6.45, 7) is 1.81. The van der Waals surface area contributed by atoms with Crippen LogP contribution in [0, 0.1) is 0 Å². The van der Waals surface area contributed by atoms with Crippen molar-refractivity contribution in [2.24, 2.45) is 4.99 Å². The number of benzene rings is 3. The molecule has 2 N–H and O–H groups in total. The maximum atomic E-state index is 14.1. The predicted octanol–water partition coefficient (Wildman–Crippen LogP) is 6.18. The van der Waals surface area contributed by atoms with Crippen molar-refractivity contribution in [1.29, 1.82) is 0 Å². The van der Waals surface area contributed by atoms with Crippen molar-refractivity contribution in [3.63, 3.8) is 0 Å². The second-order valence-electron chi connectivity index (χ2n) is 10.4. The number of aliphatic hydroxyl groups excluding tert-OH is 1. The summed E-state index contributed by atoms with van der Waals surface area (Å²) in [6.07, 6.45) is 4.75. The second-order valence-corrected chi connectivity index (χ2v) is 11.2. The summed E-state index contributed by atoms with van der Waals surface area (Å²) in [5.41, 5.74) is 1.02. The quantitative estimate of drug-likeness (QED) is 0.213. The molecule has 0 unspecified atom stereocenters. The van der Waals surface area contributed by atoms with E-state index in [1.165, 1.54) is 0 Å². The molecule has 4 rings (SSSR count). The van der Waals surface area contributed by atoms with Gasteiger partial charge in [0.25, 0.3) is 5.91 Å². The minimum atomic E-state index is -1.33. The van der Waals surface area contributed by atoms with E-state index in [4.69, 9.17) is 42.8 Å². The van der Waals surface area contributed by atoms with E-state index in [1.54, 1.807) is 18.2 Å². The number of ether oxygens (including phenoxy) is 2. The first-order chi connectivity index (χ1) is 20.3. The van der Waals surface area contributed by atoms with Gasteiger partial charge in [0.15, 0.2) is 11.6 Å². The van der Waals surface area contributed by atoms with Gasteiger partial charge in [0.05, 0.1) is 6.61 Å². The van der Waals surface area contributed by atoms with Gasteiger partial charge in [0.1, 0.15) is 5.75 Å². The van der Waals surface area contributed by atoms with E-state index in [-0.39, 0.29) is 18.9 Å². The fourth-order valence-electron chi connectivity index (χ4n) is 4.70. The highest BCUT2D eigenvalue weighted by molar-refractivity contribution is 6.35. The molecule has 42 heavy (non-hydrogen) atoms. The summed E-state index contributed by atoms with van der Waals surface area (Å²) in [6, 6.07) is 22.4. The van der Waals surface area contributed by atoms with Gasteiger partial charge in [-0.25, -0.2) is 4.99 Å². The highest BCUT2D eigenvalue weighted by Crippen LogP contribution is 2.45. The van der Waals surface area contributed by atoms with Crippen LogP contribution in [0.3, 0.4) is 0 Å². The maximum absolute atomic E-state index is 14.1. The average molecular weight is 611 g/mol. The third-order valence-corrected chi connectivity index (χ3v) is 7.44. The number of carbonyl (C=O) groups is 1. The normalized spacial score (nSPS) is 18.2. The van der Waals surface area contributed by atoms with E-state index >= 15 is 0 Å². The minimum absolute atomic E-state index is 0.0649. The number of amides is 1. The van der Waals surface area contributed by atoms with Crippen LogP contribution in [0.25, 0.3) is 6.08 Å². The van der Waals surface area contributed by atoms with Crippen molar-refractivity contribution in [2.45, 2.75) is 30.9 Å². The van der Waals surface area contributed by atoms with Crippen molar-refractivity contribution in [3.8, 4) is 5.75 Å². The molecule has 0 saturated carbocycles. The molecule has 7 nitrogen and oxygen atoms in total. The van der Waals surface area contributed by atoms with Crippen molar-refractivity contribution in [3.05, 3.63) is 106 Å². The van der Waals surface area contributed by atoms with E-state index in [0.29, 0.717) is 52.4 Å². The van der Waals surface area contributed by atoms with Gasteiger partial charge in [-0.15, -0.1) is 0 Å². The fraction of sp³-hybridized carbons (Fsp3) is 0.333. The molecule has 0 spiro atoms. The Bertz CT molecular complexity index is 1380. The zero-order chi connectivity index (χ0) is 30.0. The number of halogens is 2. The summed E-state index contributed by atoms with van der Waals surface area (Å²) in [4.78, 5) is 21.2. The Morgan fingerprint density at radius 3 is 2.55 bits per heavy atom. The molecule has 0 bridgehead atoms.